The van der Waals surface area contributed by atoms with Crippen molar-refractivity contribution in [2.24, 2.45) is 0 Å². The van der Waals surface area contributed by atoms with E-state index in [1.807, 2.05) is 30.7 Å². The smallest absolute Gasteiger partial charge is 0.0761 e. The van der Waals surface area contributed by atoms with Crippen molar-refractivity contribution in [1.82, 2.24) is 14.8 Å². The summed E-state index contributed by atoms with van der Waals surface area (Å²) in [7, 11) is 0. The number of pyridine rings is 1. The fraction of sp³-hybridized carbons (Fsp3) is 0.500. The van der Waals surface area contributed by atoms with Crippen LogP contribution >= 0.6 is 0 Å². The van der Waals surface area contributed by atoms with E-state index in [4.69, 9.17) is 0 Å². The summed E-state index contributed by atoms with van der Waals surface area (Å²) in [4.78, 5) is 4.06. The number of hydrogen-bond donors (Lipinski definition) is 1. The molecule has 0 amide bonds. The van der Waals surface area contributed by atoms with Gasteiger partial charge in [-0.25, -0.2) is 0 Å². The van der Waals surface area contributed by atoms with E-state index in [9.17, 15) is 0 Å². The topological polar surface area (TPSA) is 42.7 Å². The molecule has 1 aliphatic carbocycles. The molecule has 1 unspecified atom stereocenters. The molecule has 2 aromatic rings. The van der Waals surface area contributed by atoms with E-state index >= 15 is 0 Å². The number of hydrogen-bond acceptors (Lipinski definition) is 3. The van der Waals surface area contributed by atoms with Gasteiger partial charge in [-0.1, -0.05) is 12.8 Å². The molecule has 1 N–H and O–H groups in total. The molecule has 1 aliphatic rings. The van der Waals surface area contributed by atoms with E-state index in [1.165, 1.54) is 36.9 Å². The molecule has 3 rings (SSSR count). The summed E-state index contributed by atoms with van der Waals surface area (Å²) in [6.45, 7) is 4.33. The van der Waals surface area contributed by atoms with Crippen LogP contribution in [-0.2, 0) is 0 Å². The van der Waals surface area contributed by atoms with Gasteiger partial charge in [0.25, 0.3) is 0 Å². The molecule has 0 bridgehead atoms. The molecule has 0 saturated heterocycles. The van der Waals surface area contributed by atoms with Crippen LogP contribution in [-0.4, -0.2) is 14.8 Å². The third kappa shape index (κ3) is 2.55. The van der Waals surface area contributed by atoms with Gasteiger partial charge in [0.15, 0.2) is 0 Å². The predicted molar refractivity (Wildman–Crippen MR) is 80.7 cm³/mol. The number of nitrogens with one attached hydrogen (secondary N) is 1. The maximum Gasteiger partial charge on any atom is 0.0761 e. The van der Waals surface area contributed by atoms with Gasteiger partial charge in [-0.2, -0.15) is 5.10 Å². The molecule has 0 spiro atoms. The lowest BCUT2D eigenvalue weighted by atomic mass is 10.1. The highest BCUT2D eigenvalue weighted by Gasteiger charge is 2.20. The lowest BCUT2D eigenvalue weighted by molar-refractivity contribution is 0.457. The fourth-order valence-corrected chi connectivity index (χ4v) is 3.05. The zero-order valence-corrected chi connectivity index (χ0v) is 12.2. The van der Waals surface area contributed by atoms with E-state index in [1.54, 1.807) is 0 Å². The second kappa shape index (κ2) is 5.65. The van der Waals surface area contributed by atoms with Crippen LogP contribution in [0.5, 0.6) is 0 Å². The molecular weight excluding hydrogens is 248 g/mol. The van der Waals surface area contributed by atoms with Crippen molar-refractivity contribution in [2.45, 2.75) is 51.6 Å². The van der Waals surface area contributed by atoms with Crippen LogP contribution < -0.4 is 5.32 Å². The highest BCUT2D eigenvalue weighted by Crippen LogP contribution is 2.32. The van der Waals surface area contributed by atoms with Crippen molar-refractivity contribution < 1.29 is 0 Å². The molecule has 0 radical (unpaired) electrons. The number of aromatic nitrogens is 3. The van der Waals surface area contributed by atoms with Crippen molar-refractivity contribution in [2.75, 3.05) is 5.32 Å². The average Bonchev–Trinajstić information content (AvgIpc) is 3.11. The second-order valence-corrected chi connectivity index (χ2v) is 5.67. The van der Waals surface area contributed by atoms with Crippen LogP contribution in [0.1, 0.15) is 55.9 Å². The largest absolute Gasteiger partial charge is 0.376 e. The summed E-state index contributed by atoms with van der Waals surface area (Å²) in [5.41, 5.74) is 3.63. The van der Waals surface area contributed by atoms with E-state index in [2.05, 4.69) is 33.9 Å². The van der Waals surface area contributed by atoms with Crippen LogP contribution in [0.2, 0.25) is 0 Å². The zero-order chi connectivity index (χ0) is 13.9. The summed E-state index contributed by atoms with van der Waals surface area (Å²) in [5.74, 6) is 0. The molecular formula is C16H22N4. The lowest BCUT2D eigenvalue weighted by Crippen LogP contribution is -2.10. The Balaban J connectivity index is 1.75. The van der Waals surface area contributed by atoms with Crippen LogP contribution in [0.4, 0.5) is 5.69 Å². The molecule has 0 aliphatic heterocycles. The normalized spacial score (nSPS) is 17.3. The number of anilines is 1. The van der Waals surface area contributed by atoms with Crippen molar-refractivity contribution in [3.05, 3.63) is 42.0 Å². The Morgan fingerprint density at radius 3 is 2.65 bits per heavy atom. The SMILES string of the molecule is Cc1c(NC(C)c2ccncc2)cnn1C1CCCC1. The maximum atomic E-state index is 4.59. The summed E-state index contributed by atoms with van der Waals surface area (Å²) >= 11 is 0. The first kappa shape index (κ1) is 13.2. The molecule has 106 valence electrons. The Hall–Kier alpha value is -1.84. The van der Waals surface area contributed by atoms with Crippen LogP contribution in [0.15, 0.2) is 30.7 Å². The van der Waals surface area contributed by atoms with Gasteiger partial charge in [0.05, 0.1) is 23.6 Å². The first-order valence-corrected chi connectivity index (χ1v) is 7.46. The standard InChI is InChI=1S/C16H22N4/c1-12(14-7-9-17-10-8-14)19-16-11-18-20(13(16)2)15-5-3-4-6-15/h7-12,15,19H,3-6H2,1-2H3. The van der Waals surface area contributed by atoms with Gasteiger partial charge < -0.3 is 5.32 Å². The Bertz CT molecular complexity index is 555. The summed E-state index contributed by atoms with van der Waals surface area (Å²) < 4.78 is 2.20. The van der Waals surface area contributed by atoms with Gasteiger partial charge in [-0.3, -0.25) is 9.67 Å². The molecule has 1 fully saturated rings. The Labute approximate surface area is 120 Å². The first-order valence-electron chi connectivity index (χ1n) is 7.46. The summed E-state index contributed by atoms with van der Waals surface area (Å²) in [6, 6.07) is 4.96. The van der Waals surface area contributed by atoms with Gasteiger partial charge in [0.2, 0.25) is 0 Å². The summed E-state index contributed by atoms with van der Waals surface area (Å²) in [6.07, 6.45) is 10.8. The predicted octanol–water partition coefficient (Wildman–Crippen LogP) is 3.87. The van der Waals surface area contributed by atoms with Crippen molar-refractivity contribution >= 4 is 5.69 Å². The van der Waals surface area contributed by atoms with Crippen molar-refractivity contribution in [3.63, 3.8) is 0 Å². The quantitative estimate of drug-likeness (QED) is 0.917. The van der Waals surface area contributed by atoms with Crippen LogP contribution in [0.25, 0.3) is 0 Å². The molecule has 0 aromatic carbocycles. The minimum atomic E-state index is 0.262. The third-order valence-electron chi connectivity index (χ3n) is 4.29. The Morgan fingerprint density at radius 1 is 1.25 bits per heavy atom. The van der Waals surface area contributed by atoms with Gasteiger partial charge in [0, 0.05) is 18.4 Å². The molecule has 1 saturated carbocycles. The van der Waals surface area contributed by atoms with Gasteiger partial charge >= 0.3 is 0 Å². The van der Waals surface area contributed by atoms with Crippen molar-refractivity contribution in [1.29, 1.82) is 0 Å². The average molecular weight is 270 g/mol. The van der Waals surface area contributed by atoms with Crippen LogP contribution in [0, 0.1) is 6.92 Å². The van der Waals surface area contributed by atoms with Gasteiger partial charge in [-0.15, -0.1) is 0 Å². The van der Waals surface area contributed by atoms with Crippen molar-refractivity contribution in [3.8, 4) is 0 Å². The van der Waals surface area contributed by atoms with Gasteiger partial charge in [-0.05, 0) is 44.4 Å². The Kier molecular flexibility index (Phi) is 3.72. The van der Waals surface area contributed by atoms with E-state index in [0.29, 0.717) is 6.04 Å². The number of rotatable bonds is 4. The van der Waals surface area contributed by atoms with E-state index < -0.39 is 0 Å². The minimum Gasteiger partial charge on any atom is -0.376 e. The molecule has 4 heteroatoms. The lowest BCUT2D eigenvalue weighted by Gasteiger charge is -2.16. The minimum absolute atomic E-state index is 0.262. The van der Waals surface area contributed by atoms with Crippen LogP contribution in [0.3, 0.4) is 0 Å². The van der Waals surface area contributed by atoms with Gasteiger partial charge in [0.1, 0.15) is 0 Å². The molecule has 4 nitrogen and oxygen atoms in total. The molecule has 2 heterocycles. The third-order valence-corrected chi connectivity index (χ3v) is 4.29. The second-order valence-electron chi connectivity index (χ2n) is 5.67. The maximum absolute atomic E-state index is 4.59. The zero-order valence-electron chi connectivity index (χ0n) is 12.2. The molecule has 2 aromatic heterocycles. The first-order chi connectivity index (χ1) is 9.75. The highest BCUT2D eigenvalue weighted by atomic mass is 15.3. The monoisotopic (exact) mass is 270 g/mol. The highest BCUT2D eigenvalue weighted by molar-refractivity contribution is 5.48. The Morgan fingerprint density at radius 2 is 1.95 bits per heavy atom. The summed E-state index contributed by atoms with van der Waals surface area (Å²) in [5, 5.41) is 8.15. The number of nitrogens with zero attached hydrogens (tertiary/aromatic N) is 3. The molecule has 1 atom stereocenters. The van der Waals surface area contributed by atoms with E-state index in [0.717, 1.165) is 5.69 Å². The fourth-order valence-electron chi connectivity index (χ4n) is 3.05. The molecule has 20 heavy (non-hydrogen) atoms. The van der Waals surface area contributed by atoms with E-state index in [-0.39, 0.29) is 6.04 Å².